The van der Waals surface area contributed by atoms with Crippen LogP contribution in [0, 0.1) is 0 Å². The summed E-state index contributed by atoms with van der Waals surface area (Å²) in [6.07, 6.45) is 3.18. The van der Waals surface area contributed by atoms with Gasteiger partial charge in [-0.1, -0.05) is 37.6 Å². The number of Topliss-reactive ketones (excluding diaryl/α,β-unsaturated/α-hetero) is 1. The zero-order valence-electron chi connectivity index (χ0n) is 17.3. The Kier molecular flexibility index (Phi) is 6.38. The van der Waals surface area contributed by atoms with E-state index in [2.05, 4.69) is 10.3 Å². The minimum atomic E-state index is -0.839. The Hall–Kier alpha value is -2.71. The Labute approximate surface area is 184 Å². The number of para-hydroxylation sites is 1. The summed E-state index contributed by atoms with van der Waals surface area (Å²) in [6, 6.07) is 10.1. The number of thioether (sulfide) groups is 1. The Balaban J connectivity index is 1.68. The van der Waals surface area contributed by atoms with Crippen molar-refractivity contribution in [2.45, 2.75) is 38.4 Å². The first-order valence-electron chi connectivity index (χ1n) is 10.4. The van der Waals surface area contributed by atoms with E-state index in [9.17, 15) is 9.59 Å². The second-order valence-electron chi connectivity index (χ2n) is 7.72. The maximum absolute atomic E-state index is 15.3. The molecule has 0 bridgehead atoms. The molecule has 8 heteroatoms. The van der Waals surface area contributed by atoms with Gasteiger partial charge < -0.3 is 16.0 Å². The minimum Gasteiger partial charge on any atom is -0.356 e. The molecule has 0 radical (unpaired) electrons. The van der Waals surface area contributed by atoms with Gasteiger partial charge in [0.25, 0.3) is 5.91 Å². The van der Waals surface area contributed by atoms with Crippen molar-refractivity contribution >= 4 is 34.4 Å². The molecule has 4 rings (SSSR count). The molecule has 2 atom stereocenters. The lowest BCUT2D eigenvalue weighted by atomic mass is 9.98. The number of nitrogens with two attached hydrogens (primary N) is 1. The lowest BCUT2D eigenvalue weighted by molar-refractivity contribution is -0.124. The molecule has 1 fully saturated rings. The number of nitrogens with one attached hydrogen (secondary N) is 1. The van der Waals surface area contributed by atoms with Crippen LogP contribution in [0.4, 0.5) is 4.39 Å². The number of nitrogens with zero attached hydrogens (tertiary/aromatic N) is 2. The summed E-state index contributed by atoms with van der Waals surface area (Å²) < 4.78 is 15.3. The molecule has 1 amide bonds. The van der Waals surface area contributed by atoms with E-state index >= 15 is 4.39 Å². The molecule has 1 aromatic heterocycles. The third-order valence-corrected chi connectivity index (χ3v) is 6.68. The Bertz CT molecular complexity index is 1080. The number of hydrogen-bond acceptors (Lipinski definition) is 6. The van der Waals surface area contributed by atoms with Crippen molar-refractivity contribution in [2.75, 3.05) is 12.3 Å². The van der Waals surface area contributed by atoms with Crippen molar-refractivity contribution < 1.29 is 14.0 Å². The summed E-state index contributed by atoms with van der Waals surface area (Å²) in [6.45, 7) is 2.75. The number of carbonyl (C=O) groups excluding carboxylic acids is 2. The molecule has 6 nitrogen and oxygen atoms in total. The lowest BCUT2D eigenvalue weighted by Crippen LogP contribution is -2.52. The van der Waals surface area contributed by atoms with Crippen molar-refractivity contribution in [3.8, 4) is 0 Å². The molecule has 0 spiro atoms. The first-order valence-corrected chi connectivity index (χ1v) is 11.4. The average Bonchev–Trinajstić information content (AvgIpc) is 2.77. The first-order chi connectivity index (χ1) is 15.0. The summed E-state index contributed by atoms with van der Waals surface area (Å²) in [5, 5.41) is 3.77. The molecule has 2 aliphatic heterocycles. The van der Waals surface area contributed by atoms with Crippen LogP contribution >= 0.6 is 11.8 Å². The number of aromatic nitrogens is 1. The molecular weight excluding hydrogens is 415 g/mol. The van der Waals surface area contributed by atoms with Gasteiger partial charge in [0.05, 0.1) is 34.3 Å². The Morgan fingerprint density at radius 2 is 2.13 bits per heavy atom. The number of halogens is 1. The largest absolute Gasteiger partial charge is 0.356 e. The van der Waals surface area contributed by atoms with Crippen molar-refractivity contribution in [3.63, 3.8) is 0 Å². The van der Waals surface area contributed by atoms with Gasteiger partial charge in [-0.2, -0.15) is 0 Å². The molecule has 1 unspecified atom stereocenters. The number of unbranched alkanes of at least 4 members (excludes halogenated alkanes) is 1. The van der Waals surface area contributed by atoms with Crippen molar-refractivity contribution in [1.82, 2.24) is 15.2 Å². The summed E-state index contributed by atoms with van der Waals surface area (Å²) in [4.78, 5) is 32.2. The molecule has 3 heterocycles. The molecule has 0 saturated carbocycles. The van der Waals surface area contributed by atoms with Crippen LogP contribution in [0.5, 0.6) is 0 Å². The van der Waals surface area contributed by atoms with E-state index in [-0.39, 0.29) is 22.8 Å². The maximum Gasteiger partial charge on any atom is 0.255 e. The highest BCUT2D eigenvalue weighted by molar-refractivity contribution is 8.03. The molecule has 1 saturated heterocycles. The zero-order chi connectivity index (χ0) is 22.0. The highest BCUT2D eigenvalue weighted by Crippen LogP contribution is 2.40. The highest BCUT2D eigenvalue weighted by atomic mass is 32.2. The predicted octanol–water partition coefficient (Wildman–Crippen LogP) is 3.04. The van der Waals surface area contributed by atoms with Gasteiger partial charge in [0.15, 0.2) is 5.78 Å². The molecule has 2 aromatic rings. The molecule has 2 aliphatic rings. The van der Waals surface area contributed by atoms with E-state index in [1.54, 1.807) is 4.90 Å². The van der Waals surface area contributed by atoms with Crippen LogP contribution < -0.4 is 11.1 Å². The summed E-state index contributed by atoms with van der Waals surface area (Å²) in [5.74, 6) is -1.06. The number of ketones is 1. The predicted molar refractivity (Wildman–Crippen MR) is 121 cm³/mol. The van der Waals surface area contributed by atoms with E-state index in [1.807, 2.05) is 43.3 Å². The summed E-state index contributed by atoms with van der Waals surface area (Å²) >= 11 is 1.21. The summed E-state index contributed by atoms with van der Waals surface area (Å²) in [7, 11) is 0. The fourth-order valence-electron chi connectivity index (χ4n) is 3.75. The third kappa shape index (κ3) is 4.36. The van der Waals surface area contributed by atoms with Crippen molar-refractivity contribution in [3.05, 3.63) is 64.6 Å². The highest BCUT2D eigenvalue weighted by Gasteiger charge is 2.42. The normalized spacial score (nSPS) is 21.2. The molecule has 162 valence electrons. The van der Waals surface area contributed by atoms with E-state index in [1.165, 1.54) is 18.0 Å². The number of amides is 1. The Morgan fingerprint density at radius 1 is 1.32 bits per heavy atom. The van der Waals surface area contributed by atoms with Gasteiger partial charge in [0.1, 0.15) is 11.9 Å². The SMILES string of the molecule is CCCCNC(=O)C1=CN(Cc2ccc3ccccc3n2)C2C(=O)[C@@H](N)CSC2=C1F. The molecular formula is C23H25FN4O2S. The molecule has 31 heavy (non-hydrogen) atoms. The van der Waals surface area contributed by atoms with Crippen LogP contribution in [0.15, 0.2) is 58.9 Å². The van der Waals surface area contributed by atoms with Crippen LogP contribution in [0.3, 0.4) is 0 Å². The van der Waals surface area contributed by atoms with E-state index in [0.29, 0.717) is 12.3 Å². The van der Waals surface area contributed by atoms with E-state index < -0.39 is 23.8 Å². The van der Waals surface area contributed by atoms with Crippen LogP contribution in [-0.4, -0.2) is 46.0 Å². The summed E-state index contributed by atoms with van der Waals surface area (Å²) in [5.41, 5.74) is 7.48. The monoisotopic (exact) mass is 440 g/mol. The number of pyridine rings is 1. The quantitative estimate of drug-likeness (QED) is 0.672. The fraction of sp³-hybridized carbons (Fsp3) is 0.348. The van der Waals surface area contributed by atoms with Gasteiger partial charge in [-0.25, -0.2) is 4.39 Å². The number of fused-ring (bicyclic) bond motifs is 2. The molecule has 1 aromatic carbocycles. The smallest absolute Gasteiger partial charge is 0.255 e. The number of benzene rings is 1. The number of carbonyl (C=O) groups is 2. The van der Waals surface area contributed by atoms with Gasteiger partial charge in [0.2, 0.25) is 0 Å². The number of rotatable bonds is 6. The third-order valence-electron chi connectivity index (χ3n) is 5.44. The number of hydrogen-bond donors (Lipinski definition) is 2. The van der Waals surface area contributed by atoms with Gasteiger partial charge >= 0.3 is 0 Å². The topological polar surface area (TPSA) is 88.3 Å². The minimum absolute atomic E-state index is 0.0566. The second kappa shape index (κ2) is 9.20. The fourth-order valence-corrected chi connectivity index (χ4v) is 4.92. The van der Waals surface area contributed by atoms with Crippen molar-refractivity contribution in [1.29, 1.82) is 0 Å². The van der Waals surface area contributed by atoms with E-state index in [0.717, 1.165) is 29.4 Å². The average molecular weight is 441 g/mol. The molecule has 0 aliphatic carbocycles. The van der Waals surface area contributed by atoms with Gasteiger partial charge in [-0.05, 0) is 18.6 Å². The standard InChI is InChI=1S/C23H25FN4O2S/c1-2-3-10-26-23(30)16-12-28(20-21(29)17(25)13-31-22(20)19(16)24)11-15-9-8-14-6-4-5-7-18(14)27-15/h4-9,12,17,20H,2-3,10-11,13,25H2,1H3,(H,26,30)/t17-,20?/m0/s1. The van der Waals surface area contributed by atoms with E-state index in [4.69, 9.17) is 5.73 Å². The van der Waals surface area contributed by atoms with Crippen LogP contribution in [0.1, 0.15) is 25.5 Å². The zero-order valence-corrected chi connectivity index (χ0v) is 18.1. The van der Waals surface area contributed by atoms with Crippen molar-refractivity contribution in [2.24, 2.45) is 5.73 Å². The molecule has 3 N–H and O–H groups in total. The van der Waals surface area contributed by atoms with Crippen LogP contribution in [0.2, 0.25) is 0 Å². The van der Waals surface area contributed by atoms with Crippen LogP contribution in [0.25, 0.3) is 10.9 Å². The van der Waals surface area contributed by atoms with Gasteiger partial charge in [-0.15, -0.1) is 11.8 Å². The van der Waals surface area contributed by atoms with Gasteiger partial charge in [0, 0.05) is 23.9 Å². The second-order valence-corrected chi connectivity index (χ2v) is 8.78. The lowest BCUT2D eigenvalue weighted by Gasteiger charge is -2.39. The van der Waals surface area contributed by atoms with Crippen LogP contribution in [-0.2, 0) is 16.1 Å². The maximum atomic E-state index is 15.3. The Morgan fingerprint density at radius 3 is 2.94 bits per heavy atom. The van der Waals surface area contributed by atoms with Gasteiger partial charge in [-0.3, -0.25) is 14.6 Å². The first kappa shape index (κ1) is 21.5.